The van der Waals surface area contributed by atoms with Crippen LogP contribution in [0.5, 0.6) is 5.75 Å². The second-order valence-corrected chi connectivity index (χ2v) is 6.12. The molecule has 1 aliphatic carbocycles. The van der Waals surface area contributed by atoms with Crippen LogP contribution in [-0.4, -0.2) is 18.7 Å². The van der Waals surface area contributed by atoms with Crippen molar-refractivity contribution < 1.29 is 9.13 Å². The van der Waals surface area contributed by atoms with Gasteiger partial charge in [0.15, 0.2) is 0 Å². The van der Waals surface area contributed by atoms with Crippen molar-refractivity contribution in [3.63, 3.8) is 0 Å². The highest BCUT2D eigenvalue weighted by Gasteiger charge is 2.24. The van der Waals surface area contributed by atoms with E-state index in [1.165, 1.54) is 38.2 Å². The Morgan fingerprint density at radius 2 is 1.95 bits per heavy atom. The number of benzene rings is 1. The van der Waals surface area contributed by atoms with Crippen LogP contribution in [0.2, 0.25) is 0 Å². The normalized spacial score (nSPS) is 23.4. The fourth-order valence-corrected chi connectivity index (χ4v) is 3.06. The van der Waals surface area contributed by atoms with E-state index in [2.05, 4.69) is 12.2 Å². The van der Waals surface area contributed by atoms with Crippen molar-refractivity contribution in [3.05, 3.63) is 29.6 Å². The lowest BCUT2D eigenvalue weighted by Crippen LogP contribution is -2.44. The summed E-state index contributed by atoms with van der Waals surface area (Å²) in [6, 6.07) is 5.21. The molecule has 1 aromatic carbocycles. The summed E-state index contributed by atoms with van der Waals surface area (Å²) in [5, 5.41) is 3.64. The quantitative estimate of drug-likeness (QED) is 0.856. The minimum absolute atomic E-state index is 0.195. The van der Waals surface area contributed by atoms with E-state index in [0.717, 1.165) is 30.7 Å². The Labute approximate surface area is 128 Å². The Bertz CT molecular complexity index is 433. The van der Waals surface area contributed by atoms with Crippen LogP contribution in [0.25, 0.3) is 0 Å². The predicted molar refractivity (Wildman–Crippen MR) is 85.3 cm³/mol. The zero-order valence-corrected chi connectivity index (χ0v) is 13.3. The minimum Gasteiger partial charge on any atom is -0.489 e. The third kappa shape index (κ3) is 4.99. The molecule has 0 amide bonds. The van der Waals surface area contributed by atoms with E-state index in [1.54, 1.807) is 12.1 Å². The third-order valence-electron chi connectivity index (χ3n) is 4.27. The van der Waals surface area contributed by atoms with E-state index in [4.69, 9.17) is 4.74 Å². The molecule has 21 heavy (non-hydrogen) atoms. The molecule has 0 radical (unpaired) electrons. The molecule has 1 aliphatic rings. The van der Waals surface area contributed by atoms with E-state index in [-0.39, 0.29) is 11.9 Å². The van der Waals surface area contributed by atoms with Crippen LogP contribution < -0.4 is 10.1 Å². The van der Waals surface area contributed by atoms with Gasteiger partial charge < -0.3 is 10.1 Å². The third-order valence-corrected chi connectivity index (χ3v) is 4.27. The summed E-state index contributed by atoms with van der Waals surface area (Å²) >= 11 is 0. The first-order chi connectivity index (χ1) is 10.2. The summed E-state index contributed by atoms with van der Waals surface area (Å²) in [6.07, 6.45) is 8.69. The van der Waals surface area contributed by atoms with Crippen LogP contribution in [0.4, 0.5) is 4.39 Å². The lowest BCUT2D eigenvalue weighted by molar-refractivity contribution is 0.126. The minimum atomic E-state index is -0.196. The van der Waals surface area contributed by atoms with Gasteiger partial charge in [-0.15, -0.1) is 0 Å². The number of aryl methyl sites for hydroxylation is 1. The Morgan fingerprint density at radius 1 is 1.19 bits per heavy atom. The molecule has 2 rings (SSSR count). The van der Waals surface area contributed by atoms with Crippen LogP contribution in [0.1, 0.15) is 57.4 Å². The molecule has 0 aliphatic heterocycles. The SMILES string of the molecule is CCCNC1CCCCCCC1Oc1ccc(F)cc1C. The summed E-state index contributed by atoms with van der Waals surface area (Å²) in [6.45, 7) is 5.14. The van der Waals surface area contributed by atoms with Crippen molar-refractivity contribution in [2.45, 2.75) is 70.9 Å². The molecule has 118 valence electrons. The van der Waals surface area contributed by atoms with Crippen LogP contribution >= 0.6 is 0 Å². The summed E-state index contributed by atoms with van der Waals surface area (Å²) < 4.78 is 19.5. The number of nitrogens with one attached hydrogen (secondary N) is 1. The van der Waals surface area contributed by atoms with E-state index in [0.29, 0.717) is 6.04 Å². The summed E-state index contributed by atoms with van der Waals surface area (Å²) in [5.41, 5.74) is 0.881. The maximum atomic E-state index is 13.2. The van der Waals surface area contributed by atoms with Gasteiger partial charge in [-0.2, -0.15) is 0 Å². The number of halogens is 1. The van der Waals surface area contributed by atoms with Crippen LogP contribution in [-0.2, 0) is 0 Å². The molecule has 1 N–H and O–H groups in total. The highest BCUT2D eigenvalue weighted by Crippen LogP contribution is 2.25. The van der Waals surface area contributed by atoms with Gasteiger partial charge in [0.2, 0.25) is 0 Å². The van der Waals surface area contributed by atoms with Gasteiger partial charge in [0, 0.05) is 6.04 Å². The monoisotopic (exact) mass is 293 g/mol. The molecular formula is C18H28FNO. The summed E-state index contributed by atoms with van der Waals surface area (Å²) in [4.78, 5) is 0. The largest absolute Gasteiger partial charge is 0.489 e. The first kappa shape index (κ1) is 16.3. The fraction of sp³-hybridized carbons (Fsp3) is 0.667. The lowest BCUT2D eigenvalue weighted by atomic mass is 9.94. The number of hydrogen-bond acceptors (Lipinski definition) is 2. The molecule has 3 heteroatoms. The van der Waals surface area contributed by atoms with Crippen LogP contribution in [0, 0.1) is 12.7 Å². The van der Waals surface area contributed by atoms with Gasteiger partial charge in [-0.3, -0.25) is 0 Å². The smallest absolute Gasteiger partial charge is 0.123 e. The zero-order valence-electron chi connectivity index (χ0n) is 13.3. The number of rotatable bonds is 5. The van der Waals surface area contributed by atoms with Crippen LogP contribution in [0.15, 0.2) is 18.2 Å². The van der Waals surface area contributed by atoms with Crippen molar-refractivity contribution in [1.82, 2.24) is 5.32 Å². The van der Waals surface area contributed by atoms with Crippen LogP contribution in [0.3, 0.4) is 0 Å². The molecule has 1 saturated carbocycles. The molecule has 0 aromatic heterocycles. The molecule has 2 unspecified atom stereocenters. The van der Waals surface area contributed by atoms with Gasteiger partial charge in [0.05, 0.1) is 0 Å². The Hall–Kier alpha value is -1.09. The van der Waals surface area contributed by atoms with Gasteiger partial charge in [0.1, 0.15) is 17.7 Å². The molecular weight excluding hydrogens is 265 g/mol. The Morgan fingerprint density at radius 3 is 2.67 bits per heavy atom. The fourth-order valence-electron chi connectivity index (χ4n) is 3.06. The van der Waals surface area contributed by atoms with Gasteiger partial charge >= 0.3 is 0 Å². The van der Waals surface area contributed by atoms with Crippen molar-refractivity contribution in [2.24, 2.45) is 0 Å². The average molecular weight is 293 g/mol. The van der Waals surface area contributed by atoms with Gasteiger partial charge in [-0.1, -0.05) is 26.2 Å². The molecule has 0 saturated heterocycles. The van der Waals surface area contributed by atoms with Gasteiger partial charge in [-0.05, 0) is 62.9 Å². The lowest BCUT2D eigenvalue weighted by Gasteiger charge is -2.31. The molecule has 0 bridgehead atoms. The summed E-state index contributed by atoms with van der Waals surface area (Å²) in [5.74, 6) is 0.628. The Balaban J connectivity index is 2.07. The first-order valence-corrected chi connectivity index (χ1v) is 8.37. The highest BCUT2D eigenvalue weighted by atomic mass is 19.1. The molecule has 0 heterocycles. The molecule has 0 spiro atoms. The van der Waals surface area contributed by atoms with E-state index in [1.807, 2.05) is 6.92 Å². The van der Waals surface area contributed by atoms with E-state index >= 15 is 0 Å². The van der Waals surface area contributed by atoms with Gasteiger partial charge in [-0.25, -0.2) is 4.39 Å². The zero-order chi connectivity index (χ0) is 15.1. The Kier molecular flexibility index (Phi) is 6.50. The predicted octanol–water partition coefficient (Wildman–Crippen LogP) is 4.60. The number of hydrogen-bond donors (Lipinski definition) is 1. The van der Waals surface area contributed by atoms with E-state index < -0.39 is 0 Å². The first-order valence-electron chi connectivity index (χ1n) is 8.37. The van der Waals surface area contributed by atoms with Crippen molar-refractivity contribution >= 4 is 0 Å². The molecule has 1 aromatic rings. The second kappa shape index (κ2) is 8.38. The maximum Gasteiger partial charge on any atom is 0.123 e. The van der Waals surface area contributed by atoms with Crippen molar-refractivity contribution in [3.8, 4) is 5.75 Å². The maximum absolute atomic E-state index is 13.2. The average Bonchev–Trinajstić information content (AvgIpc) is 2.44. The van der Waals surface area contributed by atoms with Crippen molar-refractivity contribution in [2.75, 3.05) is 6.54 Å². The molecule has 2 atom stereocenters. The number of ether oxygens (including phenoxy) is 1. The van der Waals surface area contributed by atoms with Gasteiger partial charge in [0.25, 0.3) is 0 Å². The topological polar surface area (TPSA) is 21.3 Å². The summed E-state index contributed by atoms with van der Waals surface area (Å²) in [7, 11) is 0. The molecule has 2 nitrogen and oxygen atoms in total. The highest BCUT2D eigenvalue weighted by molar-refractivity contribution is 5.32. The van der Waals surface area contributed by atoms with E-state index in [9.17, 15) is 4.39 Å². The molecule has 1 fully saturated rings. The standard InChI is InChI=1S/C18H28FNO/c1-3-12-20-16-8-6-4-5-7-9-18(16)21-17-11-10-15(19)13-14(17)2/h10-11,13,16,18,20H,3-9,12H2,1-2H3. The van der Waals surface area contributed by atoms with Crippen molar-refractivity contribution in [1.29, 1.82) is 0 Å². The second-order valence-electron chi connectivity index (χ2n) is 6.12.